The molecule has 0 saturated heterocycles. The second kappa shape index (κ2) is 9.79. The molecule has 1 amide bonds. The molecule has 0 N–H and O–H groups in total. The highest BCUT2D eigenvalue weighted by Gasteiger charge is 2.22. The molecular weight excluding hydrogens is 450 g/mol. The number of hydrogen-bond acceptors (Lipinski definition) is 5. The molecule has 4 rings (SSSR count). The molecule has 5 nitrogen and oxygen atoms in total. The van der Waals surface area contributed by atoms with Crippen LogP contribution in [-0.4, -0.2) is 32.2 Å². The van der Waals surface area contributed by atoms with E-state index in [4.69, 9.17) is 0 Å². The Morgan fingerprint density at radius 2 is 2.00 bits per heavy atom. The van der Waals surface area contributed by atoms with Crippen LogP contribution in [0.2, 0.25) is 0 Å². The van der Waals surface area contributed by atoms with Crippen LogP contribution in [0.15, 0.2) is 60.0 Å². The topological polar surface area (TPSA) is 51.0 Å². The number of carbonyl (C=O) groups excluding carboxylic acids is 1. The van der Waals surface area contributed by atoms with Gasteiger partial charge < -0.3 is 4.57 Å². The molecule has 0 radical (unpaired) electrons. The van der Waals surface area contributed by atoms with Gasteiger partial charge in [0.05, 0.1) is 11.0 Å². The lowest BCUT2D eigenvalue weighted by Crippen LogP contribution is -2.32. The van der Waals surface area contributed by atoms with E-state index in [0.29, 0.717) is 40.2 Å². The van der Waals surface area contributed by atoms with Crippen LogP contribution in [0.25, 0.3) is 10.2 Å². The Kier molecular flexibility index (Phi) is 6.86. The fourth-order valence-corrected chi connectivity index (χ4v) is 5.15. The van der Waals surface area contributed by atoms with Gasteiger partial charge in [-0.3, -0.25) is 9.69 Å². The summed E-state index contributed by atoms with van der Waals surface area (Å²) in [5.74, 6) is -1.62. The van der Waals surface area contributed by atoms with E-state index < -0.39 is 11.6 Å². The molecule has 0 spiro atoms. The van der Waals surface area contributed by atoms with E-state index in [-0.39, 0.29) is 11.4 Å². The van der Waals surface area contributed by atoms with Crippen molar-refractivity contribution in [3.63, 3.8) is 0 Å². The van der Waals surface area contributed by atoms with Crippen LogP contribution in [-0.2, 0) is 6.54 Å². The Bertz CT molecular complexity index is 1210. The molecule has 0 bridgehead atoms. The molecule has 2 aromatic carbocycles. The summed E-state index contributed by atoms with van der Waals surface area (Å²) >= 11 is 2.83. The maximum atomic E-state index is 14.2. The third-order valence-electron chi connectivity index (χ3n) is 4.71. The van der Waals surface area contributed by atoms with Crippen LogP contribution >= 0.6 is 23.1 Å². The van der Waals surface area contributed by atoms with Gasteiger partial charge in [-0.1, -0.05) is 25.2 Å². The maximum Gasteiger partial charge on any atom is 0.260 e. The number of anilines is 1. The summed E-state index contributed by atoms with van der Waals surface area (Å²) in [6, 6.07) is 9.49. The number of thioether (sulfide) groups is 1. The number of fused-ring (bicyclic) bond motifs is 1. The first-order valence-electron chi connectivity index (χ1n) is 10.2. The van der Waals surface area contributed by atoms with Crippen molar-refractivity contribution in [1.29, 1.82) is 0 Å². The number of amides is 1. The molecule has 0 saturated carbocycles. The average Bonchev–Trinajstić information content (AvgIpc) is 3.41. The molecule has 0 fully saturated rings. The van der Waals surface area contributed by atoms with Gasteiger partial charge in [-0.05, 0) is 36.8 Å². The largest absolute Gasteiger partial charge is 0.337 e. The number of nitrogens with zero attached hydrogens (tertiary/aromatic N) is 4. The SMILES string of the molecule is CC(C)Sc1ccc(C(=O)N(CCCn2ccnc2)c2nc3c(F)cc(F)cc3s2)cc1. The number of hydrogen-bond donors (Lipinski definition) is 0. The van der Waals surface area contributed by atoms with Crippen molar-refractivity contribution in [3.05, 3.63) is 72.3 Å². The molecule has 0 unspecified atom stereocenters. The number of benzene rings is 2. The first-order chi connectivity index (χ1) is 15.4. The van der Waals surface area contributed by atoms with Crippen molar-refractivity contribution in [3.8, 4) is 0 Å². The van der Waals surface area contributed by atoms with Crippen molar-refractivity contribution < 1.29 is 13.6 Å². The highest BCUT2D eigenvalue weighted by molar-refractivity contribution is 7.99. The molecule has 4 aromatic rings. The van der Waals surface area contributed by atoms with E-state index in [9.17, 15) is 13.6 Å². The third-order valence-corrected chi connectivity index (χ3v) is 6.75. The van der Waals surface area contributed by atoms with Gasteiger partial charge in [0.15, 0.2) is 10.9 Å². The predicted octanol–water partition coefficient (Wildman–Crippen LogP) is 6.01. The first kappa shape index (κ1) is 22.4. The number of aromatic nitrogens is 3. The maximum absolute atomic E-state index is 14.2. The summed E-state index contributed by atoms with van der Waals surface area (Å²) in [7, 11) is 0. The monoisotopic (exact) mass is 472 g/mol. The lowest BCUT2D eigenvalue weighted by atomic mass is 10.2. The van der Waals surface area contributed by atoms with Gasteiger partial charge in [0.1, 0.15) is 11.3 Å². The summed E-state index contributed by atoms with van der Waals surface area (Å²) in [5.41, 5.74) is 0.592. The van der Waals surface area contributed by atoms with Gasteiger partial charge in [-0.15, -0.1) is 11.8 Å². The number of halogens is 2. The van der Waals surface area contributed by atoms with Crippen molar-refractivity contribution in [2.75, 3.05) is 11.4 Å². The lowest BCUT2D eigenvalue weighted by Gasteiger charge is -2.20. The Hall–Kier alpha value is -2.78. The van der Waals surface area contributed by atoms with Crippen LogP contribution < -0.4 is 4.90 Å². The molecular formula is C23H22F2N4OS2. The van der Waals surface area contributed by atoms with Gasteiger partial charge in [0.25, 0.3) is 5.91 Å². The number of rotatable bonds is 8. The van der Waals surface area contributed by atoms with Crippen molar-refractivity contribution in [1.82, 2.24) is 14.5 Å². The van der Waals surface area contributed by atoms with E-state index in [0.717, 1.165) is 22.3 Å². The molecule has 0 aliphatic carbocycles. The van der Waals surface area contributed by atoms with Gasteiger partial charge in [0, 0.05) is 47.3 Å². The van der Waals surface area contributed by atoms with Crippen LogP contribution in [0.5, 0.6) is 0 Å². The van der Waals surface area contributed by atoms with Gasteiger partial charge in [-0.2, -0.15) is 0 Å². The van der Waals surface area contributed by atoms with Gasteiger partial charge in [0.2, 0.25) is 0 Å². The van der Waals surface area contributed by atoms with Crippen molar-refractivity contribution >= 4 is 44.4 Å². The minimum absolute atomic E-state index is 0.0718. The van der Waals surface area contributed by atoms with E-state index >= 15 is 0 Å². The number of imidazole rings is 1. The molecule has 32 heavy (non-hydrogen) atoms. The molecule has 0 aliphatic heterocycles. The average molecular weight is 473 g/mol. The van der Waals surface area contributed by atoms with Crippen LogP contribution in [0, 0.1) is 11.6 Å². The quantitative estimate of drug-likeness (QED) is 0.295. The smallest absolute Gasteiger partial charge is 0.260 e. The zero-order chi connectivity index (χ0) is 22.7. The van der Waals surface area contributed by atoms with Gasteiger partial charge >= 0.3 is 0 Å². The Labute approximate surface area is 193 Å². The van der Waals surface area contributed by atoms with Crippen LogP contribution in [0.3, 0.4) is 0 Å². The van der Waals surface area contributed by atoms with E-state index in [1.165, 1.54) is 6.07 Å². The zero-order valence-electron chi connectivity index (χ0n) is 17.7. The fourth-order valence-electron chi connectivity index (χ4n) is 3.28. The normalized spacial score (nSPS) is 11.4. The van der Waals surface area contributed by atoms with E-state index in [1.54, 1.807) is 41.3 Å². The predicted molar refractivity (Wildman–Crippen MR) is 125 cm³/mol. The highest BCUT2D eigenvalue weighted by Crippen LogP contribution is 2.32. The molecule has 0 atom stereocenters. The summed E-state index contributed by atoms with van der Waals surface area (Å²) < 4.78 is 30.2. The lowest BCUT2D eigenvalue weighted by molar-refractivity contribution is 0.0986. The van der Waals surface area contributed by atoms with Crippen LogP contribution in [0.4, 0.5) is 13.9 Å². The molecule has 9 heteroatoms. The standard InChI is InChI=1S/C23H22F2N4OS2/c1-15(2)31-18-6-4-16(5-7-18)22(30)29(10-3-9-28-11-8-26-14-28)23-27-21-19(25)12-17(24)13-20(21)32-23/h4-8,11-15H,3,9-10H2,1-2H3. The van der Waals surface area contributed by atoms with Crippen LogP contribution in [0.1, 0.15) is 30.6 Å². The van der Waals surface area contributed by atoms with Gasteiger partial charge in [-0.25, -0.2) is 18.7 Å². The van der Waals surface area contributed by atoms with E-state index in [1.807, 2.05) is 22.9 Å². The summed E-state index contributed by atoms with van der Waals surface area (Å²) in [4.78, 5) is 24.4. The van der Waals surface area contributed by atoms with E-state index in [2.05, 4.69) is 23.8 Å². The zero-order valence-corrected chi connectivity index (χ0v) is 19.3. The summed E-state index contributed by atoms with van der Waals surface area (Å²) in [6.07, 6.45) is 5.92. The minimum Gasteiger partial charge on any atom is -0.337 e. The number of aryl methyl sites for hydroxylation is 1. The second-order valence-corrected chi connectivity index (χ2v) is 10.2. The summed E-state index contributed by atoms with van der Waals surface area (Å²) in [6.45, 7) is 5.27. The Morgan fingerprint density at radius 1 is 1.22 bits per heavy atom. The molecule has 2 aromatic heterocycles. The van der Waals surface area contributed by atoms with Crippen molar-refractivity contribution in [2.24, 2.45) is 0 Å². The fraction of sp³-hybridized carbons (Fsp3) is 0.261. The Morgan fingerprint density at radius 3 is 2.69 bits per heavy atom. The van der Waals surface area contributed by atoms with Crippen molar-refractivity contribution in [2.45, 2.75) is 37.0 Å². The third kappa shape index (κ3) is 5.16. The summed E-state index contributed by atoms with van der Waals surface area (Å²) in [5, 5.41) is 0.787. The number of thiazole rings is 1. The Balaban J connectivity index is 1.62. The minimum atomic E-state index is -0.733. The molecule has 166 valence electrons. The first-order valence-corrected chi connectivity index (χ1v) is 11.9. The molecule has 0 aliphatic rings. The highest BCUT2D eigenvalue weighted by atomic mass is 32.2. The molecule has 2 heterocycles. The second-order valence-electron chi connectivity index (χ2n) is 7.53. The number of carbonyl (C=O) groups is 1.